The highest BCUT2D eigenvalue weighted by Crippen LogP contribution is 2.24. The van der Waals surface area contributed by atoms with Crippen molar-refractivity contribution in [1.82, 2.24) is 24.8 Å². The summed E-state index contributed by atoms with van der Waals surface area (Å²) in [6.45, 7) is 6.39. The van der Waals surface area contributed by atoms with Gasteiger partial charge in [0, 0.05) is 26.2 Å². The minimum absolute atomic E-state index is 0.00620. The van der Waals surface area contributed by atoms with Gasteiger partial charge in [0.1, 0.15) is 6.04 Å². The van der Waals surface area contributed by atoms with E-state index in [-0.39, 0.29) is 11.8 Å². The Kier molecular flexibility index (Phi) is 5.16. The zero-order chi connectivity index (χ0) is 17.1. The first kappa shape index (κ1) is 16.9. The van der Waals surface area contributed by atoms with Crippen molar-refractivity contribution in [1.29, 1.82) is 0 Å². The Hall–Kier alpha value is -1.92. The molecule has 1 saturated carbocycles. The summed E-state index contributed by atoms with van der Waals surface area (Å²) >= 11 is 0. The summed E-state index contributed by atoms with van der Waals surface area (Å²) in [5.74, 6) is 0.449. The van der Waals surface area contributed by atoms with Gasteiger partial charge >= 0.3 is 0 Å². The summed E-state index contributed by atoms with van der Waals surface area (Å²) in [5.41, 5.74) is 0.343. The molecule has 2 heterocycles. The first-order valence-corrected chi connectivity index (χ1v) is 9.10. The van der Waals surface area contributed by atoms with E-state index in [0.29, 0.717) is 31.2 Å². The van der Waals surface area contributed by atoms with Gasteiger partial charge < -0.3 is 9.80 Å². The quantitative estimate of drug-likeness (QED) is 0.838. The molecule has 1 aliphatic heterocycles. The Morgan fingerprint density at radius 1 is 1.25 bits per heavy atom. The van der Waals surface area contributed by atoms with E-state index in [1.165, 1.54) is 32.1 Å². The number of piperazine rings is 1. The minimum atomic E-state index is -0.435. The van der Waals surface area contributed by atoms with E-state index in [2.05, 4.69) is 10.3 Å². The molecule has 1 aliphatic carbocycles. The van der Waals surface area contributed by atoms with Crippen LogP contribution in [0.5, 0.6) is 0 Å². The van der Waals surface area contributed by atoms with Crippen molar-refractivity contribution in [3.05, 3.63) is 11.9 Å². The normalized spacial score (nSPS) is 22.9. The number of nitrogens with zero attached hydrogens (tertiary/aromatic N) is 5. The van der Waals surface area contributed by atoms with Crippen LogP contribution in [0.2, 0.25) is 0 Å². The van der Waals surface area contributed by atoms with Crippen LogP contribution in [-0.4, -0.2) is 62.3 Å². The number of carbonyl (C=O) groups is 2. The van der Waals surface area contributed by atoms with E-state index in [1.807, 2.05) is 6.92 Å². The molecule has 7 heteroatoms. The maximum absolute atomic E-state index is 12.7. The molecule has 3 rings (SSSR count). The second-order valence-electron chi connectivity index (χ2n) is 6.92. The van der Waals surface area contributed by atoms with Crippen LogP contribution in [0.15, 0.2) is 6.20 Å². The first-order valence-electron chi connectivity index (χ1n) is 9.10. The summed E-state index contributed by atoms with van der Waals surface area (Å²) in [6, 6.07) is -0.435. The van der Waals surface area contributed by atoms with Gasteiger partial charge in [-0.1, -0.05) is 24.5 Å². The minimum Gasteiger partial charge on any atom is -0.339 e. The molecule has 2 amide bonds. The Bertz CT molecular complexity index is 594. The third-order valence-corrected chi connectivity index (χ3v) is 5.32. The first-order chi connectivity index (χ1) is 11.6. The Morgan fingerprint density at radius 2 is 2.00 bits per heavy atom. The molecular weight excluding hydrogens is 306 g/mol. The van der Waals surface area contributed by atoms with Crippen molar-refractivity contribution in [2.24, 2.45) is 5.92 Å². The monoisotopic (exact) mass is 333 g/mol. The largest absolute Gasteiger partial charge is 0.339 e. The molecular formula is C17H27N5O2. The second kappa shape index (κ2) is 7.32. The highest BCUT2D eigenvalue weighted by molar-refractivity contribution is 5.96. The standard InChI is InChI=1S/C17H27N5O2/c1-3-20-9-10-22(13(2)16(20)23)17(24)15-12-21(19-18-15)11-14-7-5-4-6-8-14/h12-14H,3-11H2,1-2H3/t13-/m1/s1. The predicted octanol–water partition coefficient (Wildman–Crippen LogP) is 1.55. The molecule has 132 valence electrons. The van der Waals surface area contributed by atoms with Crippen LogP contribution in [0, 0.1) is 5.92 Å². The summed E-state index contributed by atoms with van der Waals surface area (Å²) < 4.78 is 1.79. The predicted molar refractivity (Wildman–Crippen MR) is 89.3 cm³/mol. The van der Waals surface area contributed by atoms with Gasteiger partial charge in [0.15, 0.2) is 5.69 Å². The number of likely N-dealkylation sites (N-methyl/N-ethyl adjacent to an activating group) is 1. The number of aromatic nitrogens is 3. The van der Waals surface area contributed by atoms with Gasteiger partial charge in [-0.15, -0.1) is 5.10 Å². The molecule has 0 radical (unpaired) electrons. The molecule has 24 heavy (non-hydrogen) atoms. The van der Waals surface area contributed by atoms with Crippen molar-refractivity contribution in [3.63, 3.8) is 0 Å². The van der Waals surface area contributed by atoms with E-state index in [4.69, 9.17) is 0 Å². The summed E-state index contributed by atoms with van der Waals surface area (Å²) in [6.07, 6.45) is 8.09. The van der Waals surface area contributed by atoms with Gasteiger partial charge in [0.05, 0.1) is 6.20 Å². The maximum atomic E-state index is 12.7. The van der Waals surface area contributed by atoms with E-state index < -0.39 is 6.04 Å². The van der Waals surface area contributed by atoms with Crippen molar-refractivity contribution >= 4 is 11.8 Å². The number of hydrogen-bond donors (Lipinski definition) is 0. The lowest BCUT2D eigenvalue weighted by molar-refractivity contribution is -0.139. The molecule has 0 N–H and O–H groups in total. The van der Waals surface area contributed by atoms with Crippen LogP contribution < -0.4 is 0 Å². The highest BCUT2D eigenvalue weighted by atomic mass is 16.2. The zero-order valence-electron chi connectivity index (χ0n) is 14.6. The molecule has 1 aromatic rings. The zero-order valence-corrected chi connectivity index (χ0v) is 14.6. The van der Waals surface area contributed by atoms with Gasteiger partial charge in [0.25, 0.3) is 5.91 Å². The molecule has 1 aromatic heterocycles. The Labute approximate surface area is 143 Å². The molecule has 1 saturated heterocycles. The molecule has 1 atom stereocenters. The van der Waals surface area contributed by atoms with Crippen molar-refractivity contribution in [2.75, 3.05) is 19.6 Å². The molecule has 7 nitrogen and oxygen atoms in total. The van der Waals surface area contributed by atoms with Gasteiger partial charge in [-0.25, -0.2) is 0 Å². The fourth-order valence-electron chi connectivity index (χ4n) is 3.79. The maximum Gasteiger partial charge on any atom is 0.276 e. The average Bonchev–Trinajstić information content (AvgIpc) is 3.06. The molecule has 0 aromatic carbocycles. The van der Waals surface area contributed by atoms with Gasteiger partial charge in [-0.2, -0.15) is 0 Å². The Balaban J connectivity index is 1.64. The van der Waals surface area contributed by atoms with Gasteiger partial charge in [0.2, 0.25) is 5.91 Å². The van der Waals surface area contributed by atoms with E-state index in [9.17, 15) is 9.59 Å². The summed E-state index contributed by atoms with van der Waals surface area (Å²) in [7, 11) is 0. The third-order valence-electron chi connectivity index (χ3n) is 5.32. The van der Waals surface area contributed by atoms with Gasteiger partial charge in [-0.05, 0) is 32.6 Å². The highest BCUT2D eigenvalue weighted by Gasteiger charge is 2.35. The molecule has 0 bridgehead atoms. The van der Waals surface area contributed by atoms with Crippen LogP contribution in [0.3, 0.4) is 0 Å². The third kappa shape index (κ3) is 3.44. The van der Waals surface area contributed by atoms with Crippen LogP contribution in [0.25, 0.3) is 0 Å². The molecule has 2 fully saturated rings. The fourth-order valence-corrected chi connectivity index (χ4v) is 3.79. The lowest BCUT2D eigenvalue weighted by atomic mass is 9.89. The van der Waals surface area contributed by atoms with Crippen molar-refractivity contribution in [2.45, 2.75) is 58.5 Å². The van der Waals surface area contributed by atoms with Crippen LogP contribution >= 0.6 is 0 Å². The molecule has 0 spiro atoms. The van der Waals surface area contributed by atoms with E-state index in [1.54, 1.807) is 27.6 Å². The second-order valence-corrected chi connectivity index (χ2v) is 6.92. The van der Waals surface area contributed by atoms with Crippen LogP contribution in [0.1, 0.15) is 56.4 Å². The SMILES string of the molecule is CCN1CCN(C(=O)c2cn(CC3CCCCC3)nn2)[C@H](C)C1=O. The number of carbonyl (C=O) groups excluding carboxylic acids is 2. The molecule has 0 unspecified atom stereocenters. The van der Waals surface area contributed by atoms with E-state index in [0.717, 1.165) is 6.54 Å². The fraction of sp³-hybridized carbons (Fsp3) is 0.765. The number of hydrogen-bond acceptors (Lipinski definition) is 4. The summed E-state index contributed by atoms with van der Waals surface area (Å²) in [5, 5.41) is 8.18. The lowest BCUT2D eigenvalue weighted by Gasteiger charge is -2.38. The van der Waals surface area contributed by atoms with E-state index >= 15 is 0 Å². The molecule has 2 aliphatic rings. The topological polar surface area (TPSA) is 71.3 Å². The average molecular weight is 333 g/mol. The van der Waals surface area contributed by atoms with Gasteiger partial charge in [-0.3, -0.25) is 14.3 Å². The lowest BCUT2D eigenvalue weighted by Crippen LogP contribution is -2.57. The van der Waals surface area contributed by atoms with Crippen molar-refractivity contribution in [3.8, 4) is 0 Å². The van der Waals surface area contributed by atoms with Crippen LogP contribution in [-0.2, 0) is 11.3 Å². The summed E-state index contributed by atoms with van der Waals surface area (Å²) in [4.78, 5) is 28.4. The Morgan fingerprint density at radius 3 is 2.71 bits per heavy atom. The smallest absolute Gasteiger partial charge is 0.276 e. The van der Waals surface area contributed by atoms with Crippen LogP contribution in [0.4, 0.5) is 0 Å². The van der Waals surface area contributed by atoms with Crippen molar-refractivity contribution < 1.29 is 9.59 Å². The number of amides is 2. The number of rotatable bonds is 4.